The Bertz CT molecular complexity index is 484. The standard InChI is InChI=1S/C14H19F4N3/c1-3-7-20-13(19-4-2)21-9-10-5-6-11(15)8-12(10)14(16,17)18/h5-6,8H,3-4,7,9H2,1-2H3,(H2,19,20,21). The average Bonchev–Trinajstić information content (AvgIpc) is 2.42. The lowest BCUT2D eigenvalue weighted by Gasteiger charge is -2.13. The van der Waals surface area contributed by atoms with Crippen molar-refractivity contribution in [3.63, 3.8) is 0 Å². The molecule has 0 amide bonds. The van der Waals surface area contributed by atoms with E-state index in [1.807, 2.05) is 13.8 Å². The molecule has 0 fully saturated rings. The Hall–Kier alpha value is -1.79. The molecule has 0 bridgehead atoms. The largest absolute Gasteiger partial charge is 0.416 e. The number of aliphatic imine (C=N–C) groups is 1. The lowest BCUT2D eigenvalue weighted by atomic mass is 10.1. The summed E-state index contributed by atoms with van der Waals surface area (Å²) in [6.07, 6.45) is -3.73. The molecule has 3 nitrogen and oxygen atoms in total. The minimum Gasteiger partial charge on any atom is -0.357 e. The van der Waals surface area contributed by atoms with Crippen molar-refractivity contribution in [3.05, 3.63) is 35.1 Å². The molecule has 0 aliphatic heterocycles. The highest BCUT2D eigenvalue weighted by molar-refractivity contribution is 5.79. The van der Waals surface area contributed by atoms with Gasteiger partial charge in [-0.1, -0.05) is 13.0 Å². The molecule has 0 spiro atoms. The Morgan fingerprint density at radius 1 is 1.19 bits per heavy atom. The fourth-order valence-corrected chi connectivity index (χ4v) is 1.70. The smallest absolute Gasteiger partial charge is 0.357 e. The van der Waals surface area contributed by atoms with Gasteiger partial charge in [-0.3, -0.25) is 0 Å². The third-order valence-electron chi connectivity index (χ3n) is 2.67. The van der Waals surface area contributed by atoms with Crippen molar-refractivity contribution >= 4 is 5.96 Å². The SMILES string of the molecule is CCCNC(=NCc1ccc(F)cc1C(F)(F)F)NCC. The maximum atomic E-state index is 13.0. The first-order valence-corrected chi connectivity index (χ1v) is 6.76. The van der Waals surface area contributed by atoms with Crippen molar-refractivity contribution in [2.24, 2.45) is 4.99 Å². The number of alkyl halides is 3. The summed E-state index contributed by atoms with van der Waals surface area (Å²) in [7, 11) is 0. The maximum Gasteiger partial charge on any atom is 0.416 e. The first kappa shape index (κ1) is 17.3. The van der Waals surface area contributed by atoms with Crippen LogP contribution in [0.5, 0.6) is 0 Å². The van der Waals surface area contributed by atoms with E-state index >= 15 is 0 Å². The van der Waals surface area contributed by atoms with Crippen LogP contribution in [0, 0.1) is 5.82 Å². The van der Waals surface area contributed by atoms with E-state index in [0.717, 1.165) is 18.6 Å². The predicted octanol–water partition coefficient (Wildman–Crippen LogP) is 3.31. The molecule has 0 aromatic heterocycles. The molecule has 0 unspecified atom stereocenters. The van der Waals surface area contributed by atoms with Gasteiger partial charge in [0.1, 0.15) is 5.82 Å². The van der Waals surface area contributed by atoms with Crippen LogP contribution < -0.4 is 10.6 Å². The molecule has 0 aliphatic carbocycles. The zero-order valence-electron chi connectivity index (χ0n) is 12.0. The van der Waals surface area contributed by atoms with Crippen LogP contribution in [-0.4, -0.2) is 19.0 Å². The molecule has 0 aliphatic rings. The number of benzene rings is 1. The molecule has 0 heterocycles. The summed E-state index contributed by atoms with van der Waals surface area (Å²) in [6, 6.07) is 2.62. The van der Waals surface area contributed by atoms with Crippen LogP contribution in [0.3, 0.4) is 0 Å². The molecule has 21 heavy (non-hydrogen) atoms. The fourth-order valence-electron chi connectivity index (χ4n) is 1.70. The second kappa shape index (κ2) is 7.85. The Kier molecular flexibility index (Phi) is 6.45. The molecule has 0 saturated heterocycles. The Morgan fingerprint density at radius 3 is 2.48 bits per heavy atom. The summed E-state index contributed by atoms with van der Waals surface area (Å²) in [5.74, 6) is -0.470. The quantitative estimate of drug-likeness (QED) is 0.497. The Morgan fingerprint density at radius 2 is 1.90 bits per heavy atom. The summed E-state index contributed by atoms with van der Waals surface area (Å²) >= 11 is 0. The molecule has 118 valence electrons. The van der Waals surface area contributed by atoms with Crippen LogP contribution in [0.4, 0.5) is 17.6 Å². The molecule has 1 aromatic carbocycles. The highest BCUT2D eigenvalue weighted by Gasteiger charge is 2.33. The first-order valence-electron chi connectivity index (χ1n) is 6.76. The Balaban J connectivity index is 2.95. The zero-order chi connectivity index (χ0) is 15.9. The number of nitrogens with one attached hydrogen (secondary N) is 2. The van der Waals surface area contributed by atoms with Crippen LogP contribution in [0.25, 0.3) is 0 Å². The monoisotopic (exact) mass is 305 g/mol. The van der Waals surface area contributed by atoms with E-state index in [4.69, 9.17) is 0 Å². The molecular weight excluding hydrogens is 286 g/mol. The van der Waals surface area contributed by atoms with Crippen LogP contribution in [0.2, 0.25) is 0 Å². The van der Waals surface area contributed by atoms with Gasteiger partial charge in [-0.25, -0.2) is 9.38 Å². The van der Waals surface area contributed by atoms with E-state index in [0.29, 0.717) is 25.1 Å². The second-order valence-corrected chi connectivity index (χ2v) is 4.42. The van der Waals surface area contributed by atoms with E-state index in [1.54, 1.807) is 0 Å². The van der Waals surface area contributed by atoms with Crippen molar-refractivity contribution in [1.29, 1.82) is 0 Å². The van der Waals surface area contributed by atoms with Crippen molar-refractivity contribution in [2.45, 2.75) is 33.0 Å². The predicted molar refractivity (Wildman–Crippen MR) is 74.5 cm³/mol. The average molecular weight is 305 g/mol. The van der Waals surface area contributed by atoms with Crippen molar-refractivity contribution in [3.8, 4) is 0 Å². The van der Waals surface area contributed by atoms with Gasteiger partial charge < -0.3 is 10.6 Å². The van der Waals surface area contributed by atoms with E-state index in [2.05, 4.69) is 15.6 Å². The maximum absolute atomic E-state index is 13.0. The fraction of sp³-hybridized carbons (Fsp3) is 0.500. The van der Waals surface area contributed by atoms with Gasteiger partial charge in [-0.2, -0.15) is 13.2 Å². The van der Waals surface area contributed by atoms with Crippen molar-refractivity contribution in [1.82, 2.24) is 10.6 Å². The van der Waals surface area contributed by atoms with Gasteiger partial charge in [0, 0.05) is 13.1 Å². The van der Waals surface area contributed by atoms with E-state index in [1.165, 1.54) is 0 Å². The van der Waals surface area contributed by atoms with Gasteiger partial charge in [-0.05, 0) is 31.0 Å². The lowest BCUT2D eigenvalue weighted by Crippen LogP contribution is -2.37. The van der Waals surface area contributed by atoms with Gasteiger partial charge >= 0.3 is 6.18 Å². The molecule has 0 radical (unpaired) electrons. The van der Waals surface area contributed by atoms with Gasteiger partial charge in [0.15, 0.2) is 5.96 Å². The van der Waals surface area contributed by atoms with E-state index in [9.17, 15) is 17.6 Å². The third-order valence-corrected chi connectivity index (χ3v) is 2.67. The number of guanidine groups is 1. The second-order valence-electron chi connectivity index (χ2n) is 4.42. The van der Waals surface area contributed by atoms with Crippen LogP contribution in [-0.2, 0) is 12.7 Å². The number of nitrogens with zero attached hydrogens (tertiary/aromatic N) is 1. The zero-order valence-corrected chi connectivity index (χ0v) is 12.0. The molecule has 0 saturated carbocycles. The van der Waals surface area contributed by atoms with Crippen LogP contribution in [0.15, 0.2) is 23.2 Å². The summed E-state index contributed by atoms with van der Waals surface area (Å²) in [4.78, 5) is 4.10. The summed E-state index contributed by atoms with van der Waals surface area (Å²) in [5, 5.41) is 5.93. The van der Waals surface area contributed by atoms with E-state index < -0.39 is 17.6 Å². The number of hydrogen-bond donors (Lipinski definition) is 2. The van der Waals surface area contributed by atoms with E-state index in [-0.39, 0.29) is 12.1 Å². The number of rotatable bonds is 5. The molecule has 7 heteroatoms. The molecule has 2 N–H and O–H groups in total. The van der Waals surface area contributed by atoms with Gasteiger partial charge in [-0.15, -0.1) is 0 Å². The normalized spacial score (nSPS) is 12.4. The summed E-state index contributed by atoms with van der Waals surface area (Å²) < 4.78 is 51.6. The highest BCUT2D eigenvalue weighted by Crippen LogP contribution is 2.32. The van der Waals surface area contributed by atoms with Gasteiger partial charge in [0.2, 0.25) is 0 Å². The Labute approximate surface area is 121 Å². The van der Waals surface area contributed by atoms with Gasteiger partial charge in [0.05, 0.1) is 12.1 Å². The van der Waals surface area contributed by atoms with Crippen LogP contribution in [0.1, 0.15) is 31.4 Å². The van der Waals surface area contributed by atoms with Crippen molar-refractivity contribution < 1.29 is 17.6 Å². The number of hydrogen-bond acceptors (Lipinski definition) is 1. The van der Waals surface area contributed by atoms with Crippen molar-refractivity contribution in [2.75, 3.05) is 13.1 Å². The minimum absolute atomic E-state index is 0.0578. The number of halogens is 4. The minimum atomic E-state index is -4.60. The molecule has 1 aromatic rings. The van der Waals surface area contributed by atoms with Gasteiger partial charge in [0.25, 0.3) is 0 Å². The summed E-state index contributed by atoms with van der Waals surface area (Å²) in [6.45, 7) is 4.93. The van der Waals surface area contributed by atoms with Crippen LogP contribution >= 0.6 is 0 Å². The summed E-state index contributed by atoms with van der Waals surface area (Å²) in [5.41, 5.74) is -1.05. The molecular formula is C14H19F4N3. The molecule has 1 rings (SSSR count). The highest BCUT2D eigenvalue weighted by atomic mass is 19.4. The third kappa shape index (κ3) is 5.61. The molecule has 0 atom stereocenters. The topological polar surface area (TPSA) is 36.4 Å². The first-order chi connectivity index (χ1) is 9.88. The lowest BCUT2D eigenvalue weighted by molar-refractivity contribution is -0.138.